The molecule has 0 aromatic carbocycles. The van der Waals surface area contributed by atoms with Gasteiger partial charge in [-0.1, -0.05) is 0 Å². The lowest BCUT2D eigenvalue weighted by Crippen LogP contribution is -2.39. The minimum absolute atomic E-state index is 0.271. The standard InChI is InChI=1S/C15H25N3O3/c1-14(2,3)21-13(19)18-8-6-15(4,11-18)20-10-12-16-7-9-17(12)5/h7,9H,6,8,10-11H2,1-5H3. The molecule has 1 fully saturated rings. The molecule has 0 spiro atoms. The SMILES string of the molecule is Cn1ccnc1COC1(C)CCN(C(=O)OC(C)(C)C)C1. The van der Waals surface area contributed by atoms with Crippen molar-refractivity contribution in [2.24, 2.45) is 7.05 Å². The molecule has 1 unspecified atom stereocenters. The minimum Gasteiger partial charge on any atom is -0.444 e. The monoisotopic (exact) mass is 295 g/mol. The highest BCUT2D eigenvalue weighted by atomic mass is 16.6. The van der Waals surface area contributed by atoms with Crippen molar-refractivity contribution < 1.29 is 14.3 Å². The number of hydrogen-bond acceptors (Lipinski definition) is 4. The van der Waals surface area contributed by atoms with Crippen LogP contribution >= 0.6 is 0 Å². The molecule has 0 aliphatic carbocycles. The molecule has 2 heterocycles. The van der Waals surface area contributed by atoms with Gasteiger partial charge in [-0.25, -0.2) is 9.78 Å². The van der Waals surface area contributed by atoms with Gasteiger partial charge in [-0.15, -0.1) is 0 Å². The van der Waals surface area contributed by atoms with Gasteiger partial charge in [-0.3, -0.25) is 0 Å². The highest BCUT2D eigenvalue weighted by molar-refractivity contribution is 5.68. The number of aryl methyl sites for hydroxylation is 1. The van der Waals surface area contributed by atoms with Gasteiger partial charge in [-0.2, -0.15) is 0 Å². The Morgan fingerprint density at radius 1 is 1.48 bits per heavy atom. The number of rotatable bonds is 3. The molecule has 6 heteroatoms. The number of nitrogens with zero attached hydrogens (tertiary/aromatic N) is 3. The van der Waals surface area contributed by atoms with Gasteiger partial charge < -0.3 is 18.9 Å². The van der Waals surface area contributed by atoms with Gasteiger partial charge in [0.15, 0.2) is 0 Å². The Labute approximate surface area is 126 Å². The number of carbonyl (C=O) groups excluding carboxylic acids is 1. The summed E-state index contributed by atoms with van der Waals surface area (Å²) in [6.07, 6.45) is 4.17. The van der Waals surface area contributed by atoms with E-state index in [2.05, 4.69) is 4.98 Å². The molecule has 1 atom stereocenters. The maximum atomic E-state index is 12.1. The second kappa shape index (κ2) is 5.67. The molecule has 0 N–H and O–H groups in total. The highest BCUT2D eigenvalue weighted by Crippen LogP contribution is 2.27. The Hall–Kier alpha value is -1.56. The van der Waals surface area contributed by atoms with Crippen LogP contribution in [0.4, 0.5) is 4.79 Å². The van der Waals surface area contributed by atoms with Crippen LogP contribution in [-0.2, 0) is 23.1 Å². The van der Waals surface area contributed by atoms with Crippen LogP contribution in [0, 0.1) is 0 Å². The molecule has 1 amide bonds. The predicted molar refractivity (Wildman–Crippen MR) is 78.8 cm³/mol. The van der Waals surface area contributed by atoms with Gasteiger partial charge in [0.1, 0.15) is 18.0 Å². The molecule has 6 nitrogen and oxygen atoms in total. The molecule has 0 radical (unpaired) electrons. The fourth-order valence-electron chi connectivity index (χ4n) is 2.31. The van der Waals surface area contributed by atoms with Gasteiger partial charge in [0.25, 0.3) is 0 Å². The molecule has 1 aromatic heterocycles. The average Bonchev–Trinajstić information content (AvgIpc) is 2.92. The molecule has 2 rings (SSSR count). The summed E-state index contributed by atoms with van der Waals surface area (Å²) in [6, 6.07) is 0. The van der Waals surface area contributed by atoms with Gasteiger partial charge in [-0.05, 0) is 34.1 Å². The zero-order valence-electron chi connectivity index (χ0n) is 13.5. The molecule has 1 aliphatic rings. The van der Waals surface area contributed by atoms with Crippen molar-refractivity contribution in [3.05, 3.63) is 18.2 Å². The number of likely N-dealkylation sites (tertiary alicyclic amines) is 1. The van der Waals surface area contributed by atoms with E-state index in [-0.39, 0.29) is 11.7 Å². The fourth-order valence-corrected chi connectivity index (χ4v) is 2.31. The minimum atomic E-state index is -0.468. The number of hydrogen-bond donors (Lipinski definition) is 0. The van der Waals surface area contributed by atoms with Crippen molar-refractivity contribution in [2.75, 3.05) is 13.1 Å². The summed E-state index contributed by atoms with van der Waals surface area (Å²) < 4.78 is 13.3. The molecular formula is C15H25N3O3. The first kappa shape index (κ1) is 15.8. The van der Waals surface area contributed by atoms with Crippen LogP contribution in [-0.4, -0.2) is 44.8 Å². The van der Waals surface area contributed by atoms with Gasteiger partial charge >= 0.3 is 6.09 Å². The zero-order chi connectivity index (χ0) is 15.7. The molecule has 1 saturated heterocycles. The van der Waals surface area contributed by atoms with E-state index < -0.39 is 5.60 Å². The third-order valence-corrected chi connectivity index (χ3v) is 3.56. The van der Waals surface area contributed by atoms with Crippen molar-refractivity contribution in [2.45, 2.75) is 51.9 Å². The highest BCUT2D eigenvalue weighted by Gasteiger charge is 2.38. The average molecular weight is 295 g/mol. The lowest BCUT2D eigenvalue weighted by molar-refractivity contribution is -0.0407. The number of amides is 1. The van der Waals surface area contributed by atoms with Crippen molar-refractivity contribution in [3.8, 4) is 0 Å². The van der Waals surface area contributed by atoms with E-state index in [1.54, 1.807) is 11.1 Å². The second-order valence-corrected chi connectivity index (χ2v) is 6.84. The van der Waals surface area contributed by atoms with Gasteiger partial charge in [0, 0.05) is 26.0 Å². The molecule has 118 valence electrons. The van der Waals surface area contributed by atoms with Crippen LogP contribution in [0.5, 0.6) is 0 Å². The predicted octanol–water partition coefficient (Wildman–Crippen LogP) is 2.34. The molecular weight excluding hydrogens is 270 g/mol. The van der Waals surface area contributed by atoms with Crippen molar-refractivity contribution in [3.63, 3.8) is 0 Å². The van der Waals surface area contributed by atoms with E-state index in [0.717, 1.165) is 12.2 Å². The van der Waals surface area contributed by atoms with E-state index in [4.69, 9.17) is 9.47 Å². The first-order valence-corrected chi connectivity index (χ1v) is 7.27. The topological polar surface area (TPSA) is 56.6 Å². The zero-order valence-corrected chi connectivity index (χ0v) is 13.5. The Morgan fingerprint density at radius 2 is 2.19 bits per heavy atom. The van der Waals surface area contributed by atoms with Crippen LogP contribution in [0.25, 0.3) is 0 Å². The maximum Gasteiger partial charge on any atom is 0.410 e. The van der Waals surface area contributed by atoms with Crippen LogP contribution in [0.15, 0.2) is 12.4 Å². The lowest BCUT2D eigenvalue weighted by Gasteiger charge is -2.27. The molecule has 21 heavy (non-hydrogen) atoms. The molecule has 0 bridgehead atoms. The van der Waals surface area contributed by atoms with Crippen LogP contribution < -0.4 is 0 Å². The van der Waals surface area contributed by atoms with Crippen molar-refractivity contribution in [1.29, 1.82) is 0 Å². The van der Waals surface area contributed by atoms with Gasteiger partial charge in [0.05, 0.1) is 12.1 Å². The summed E-state index contributed by atoms with van der Waals surface area (Å²) in [5.74, 6) is 0.881. The number of carbonyl (C=O) groups is 1. The van der Waals surface area contributed by atoms with E-state index in [1.807, 2.05) is 45.5 Å². The summed E-state index contributed by atoms with van der Waals surface area (Å²) in [5.41, 5.74) is -0.813. The van der Waals surface area contributed by atoms with Gasteiger partial charge in [0.2, 0.25) is 0 Å². The van der Waals surface area contributed by atoms with Crippen LogP contribution in [0.3, 0.4) is 0 Å². The summed E-state index contributed by atoms with van der Waals surface area (Å²) in [5, 5.41) is 0. The van der Waals surface area contributed by atoms with E-state index in [1.165, 1.54) is 0 Å². The molecule has 0 saturated carbocycles. The maximum absolute atomic E-state index is 12.1. The van der Waals surface area contributed by atoms with Crippen LogP contribution in [0.1, 0.15) is 39.9 Å². The number of ether oxygens (including phenoxy) is 2. The van der Waals surface area contributed by atoms with E-state index in [0.29, 0.717) is 19.7 Å². The Kier molecular flexibility index (Phi) is 4.27. The van der Waals surface area contributed by atoms with E-state index >= 15 is 0 Å². The first-order valence-electron chi connectivity index (χ1n) is 7.27. The summed E-state index contributed by atoms with van der Waals surface area (Å²) >= 11 is 0. The molecule has 1 aromatic rings. The third kappa shape index (κ3) is 4.20. The summed E-state index contributed by atoms with van der Waals surface area (Å²) in [7, 11) is 1.94. The quantitative estimate of drug-likeness (QED) is 0.859. The Balaban J connectivity index is 1.88. The third-order valence-electron chi connectivity index (χ3n) is 3.56. The number of imidazole rings is 1. The number of aromatic nitrogens is 2. The largest absolute Gasteiger partial charge is 0.444 e. The molecule has 1 aliphatic heterocycles. The van der Waals surface area contributed by atoms with E-state index in [9.17, 15) is 4.79 Å². The van der Waals surface area contributed by atoms with Crippen molar-refractivity contribution >= 4 is 6.09 Å². The van der Waals surface area contributed by atoms with Crippen molar-refractivity contribution in [1.82, 2.24) is 14.5 Å². The second-order valence-electron chi connectivity index (χ2n) is 6.84. The van der Waals surface area contributed by atoms with Crippen LogP contribution in [0.2, 0.25) is 0 Å². The Bertz CT molecular complexity index is 507. The normalized spacial score (nSPS) is 22.6. The smallest absolute Gasteiger partial charge is 0.410 e. The Morgan fingerprint density at radius 3 is 2.76 bits per heavy atom. The summed E-state index contributed by atoms with van der Waals surface area (Å²) in [6.45, 7) is 9.30. The lowest BCUT2D eigenvalue weighted by atomic mass is 10.1. The fraction of sp³-hybridized carbons (Fsp3) is 0.733. The summed E-state index contributed by atoms with van der Waals surface area (Å²) in [4.78, 5) is 18.0. The first-order chi connectivity index (χ1) is 9.69.